The molecule has 0 N–H and O–H groups in total. The molecule has 0 aliphatic carbocycles. The molecule has 0 fully saturated rings. The Morgan fingerprint density at radius 1 is 1.25 bits per heavy atom. The first kappa shape index (κ1) is 15.2. The molecule has 0 amide bonds. The molecule has 0 bridgehead atoms. The van der Waals surface area contributed by atoms with Crippen molar-refractivity contribution in [2.24, 2.45) is 0 Å². The third-order valence-corrected chi connectivity index (χ3v) is 4.44. The number of hydrogen-bond donors (Lipinski definition) is 0. The fourth-order valence-corrected chi connectivity index (χ4v) is 3.22. The third kappa shape index (κ3) is 3.29. The highest BCUT2D eigenvalue weighted by Crippen LogP contribution is 2.39. The summed E-state index contributed by atoms with van der Waals surface area (Å²) in [4.78, 5) is 11.9. The zero-order valence-corrected chi connectivity index (χ0v) is 13.2. The highest BCUT2D eigenvalue weighted by Gasteiger charge is 2.22. The van der Waals surface area contributed by atoms with E-state index in [0.717, 1.165) is 30.1 Å². The summed E-state index contributed by atoms with van der Waals surface area (Å²) in [6.45, 7) is 6.58. The topological polar surface area (TPSA) is 35.5 Å². The highest BCUT2D eigenvalue weighted by atomic mass is 32.2. The molecule has 0 aromatic heterocycles. The number of carbonyl (C=O) groups excluding carboxylic acids is 1. The van der Waals surface area contributed by atoms with E-state index in [0.29, 0.717) is 13.2 Å². The number of rotatable bonds is 6. The molecule has 1 aromatic carbocycles. The van der Waals surface area contributed by atoms with Gasteiger partial charge in [0.1, 0.15) is 0 Å². The van der Waals surface area contributed by atoms with Crippen molar-refractivity contribution in [2.75, 3.05) is 12.5 Å². The van der Waals surface area contributed by atoms with Crippen LogP contribution in [0.3, 0.4) is 0 Å². The lowest BCUT2D eigenvalue weighted by molar-refractivity contribution is -0.111. The Bertz CT molecular complexity index is 485. The predicted molar refractivity (Wildman–Crippen MR) is 82.7 cm³/mol. The van der Waals surface area contributed by atoms with Gasteiger partial charge < -0.3 is 9.47 Å². The molecule has 0 spiro atoms. The van der Waals surface area contributed by atoms with Gasteiger partial charge in [-0.25, -0.2) is 0 Å². The third-order valence-electron chi connectivity index (χ3n) is 3.67. The maximum atomic E-state index is 11.9. The Hall–Kier alpha value is -1.16. The Labute approximate surface area is 125 Å². The number of carbonyl (C=O) groups is 1. The second-order valence-electron chi connectivity index (χ2n) is 4.87. The van der Waals surface area contributed by atoms with Crippen molar-refractivity contribution in [1.82, 2.24) is 0 Å². The van der Waals surface area contributed by atoms with Gasteiger partial charge in [0.25, 0.3) is 0 Å². The van der Waals surface area contributed by atoms with Crippen LogP contribution >= 0.6 is 11.8 Å². The van der Waals surface area contributed by atoms with Gasteiger partial charge in [0.05, 0.1) is 0 Å². The largest absolute Gasteiger partial charge is 0.454 e. The lowest BCUT2D eigenvalue weighted by atomic mass is 9.88. The van der Waals surface area contributed by atoms with E-state index in [1.807, 2.05) is 6.92 Å². The maximum Gasteiger partial charge on any atom is 0.231 e. The monoisotopic (exact) mass is 294 g/mol. The zero-order chi connectivity index (χ0) is 14.5. The van der Waals surface area contributed by atoms with Crippen molar-refractivity contribution >= 4 is 16.9 Å². The minimum atomic E-state index is 0.269. The van der Waals surface area contributed by atoms with Gasteiger partial charge in [-0.05, 0) is 47.8 Å². The van der Waals surface area contributed by atoms with Gasteiger partial charge in [-0.15, -0.1) is 0 Å². The van der Waals surface area contributed by atoms with E-state index in [1.165, 1.54) is 22.9 Å². The van der Waals surface area contributed by atoms with Crippen molar-refractivity contribution in [3.63, 3.8) is 0 Å². The molecule has 4 heteroatoms. The fraction of sp³-hybridized carbons (Fsp3) is 0.562. The summed E-state index contributed by atoms with van der Waals surface area (Å²) in [5.74, 6) is 2.75. The van der Waals surface area contributed by atoms with Crippen LogP contribution in [0.15, 0.2) is 12.1 Å². The molecule has 110 valence electrons. The lowest BCUT2D eigenvalue weighted by Gasteiger charge is -2.18. The normalized spacial score (nSPS) is 14.3. The first-order valence-electron chi connectivity index (χ1n) is 7.27. The average Bonchev–Trinajstić information content (AvgIpc) is 2.90. The predicted octanol–water partition coefficient (Wildman–Crippen LogP) is 4.14. The first-order valence-corrected chi connectivity index (χ1v) is 8.26. The molecule has 1 aliphatic heterocycles. The van der Waals surface area contributed by atoms with Crippen LogP contribution in [0.5, 0.6) is 11.5 Å². The van der Waals surface area contributed by atoms with Crippen LogP contribution in [0.4, 0.5) is 0 Å². The van der Waals surface area contributed by atoms with E-state index in [2.05, 4.69) is 26.0 Å². The lowest BCUT2D eigenvalue weighted by Crippen LogP contribution is -2.07. The van der Waals surface area contributed by atoms with Crippen molar-refractivity contribution in [3.05, 3.63) is 23.3 Å². The number of aryl methyl sites for hydroxylation is 1. The van der Waals surface area contributed by atoms with E-state index >= 15 is 0 Å². The highest BCUT2D eigenvalue weighted by molar-refractivity contribution is 8.13. The quantitative estimate of drug-likeness (QED) is 0.790. The van der Waals surface area contributed by atoms with Gasteiger partial charge in [-0.2, -0.15) is 0 Å². The maximum absolute atomic E-state index is 11.9. The van der Waals surface area contributed by atoms with Crippen molar-refractivity contribution in [3.8, 4) is 11.5 Å². The number of fused-ring (bicyclic) bond motifs is 1. The molecule has 1 aliphatic rings. The Morgan fingerprint density at radius 2 is 1.95 bits per heavy atom. The van der Waals surface area contributed by atoms with Crippen LogP contribution in [-0.4, -0.2) is 17.7 Å². The standard InChI is InChI=1S/C16H22O3S/c1-4-11-7-14-15(19-10-18-14)9-13(11)12(5-2)8-16(17)20-6-3/h7,9,12H,4-6,8,10H2,1-3H3. The summed E-state index contributed by atoms with van der Waals surface area (Å²) in [6.07, 6.45) is 2.50. The molecule has 0 radical (unpaired) electrons. The average molecular weight is 294 g/mol. The molecular weight excluding hydrogens is 272 g/mol. The molecule has 1 heterocycles. The number of hydrogen-bond acceptors (Lipinski definition) is 4. The molecule has 2 rings (SSSR count). The SMILES string of the molecule is CCSC(=O)CC(CC)c1cc2c(cc1CC)OCO2. The molecule has 0 saturated carbocycles. The molecule has 0 saturated heterocycles. The Kier molecular flexibility index (Phi) is 5.35. The summed E-state index contributed by atoms with van der Waals surface area (Å²) < 4.78 is 10.9. The minimum absolute atomic E-state index is 0.269. The van der Waals surface area contributed by atoms with Gasteiger partial charge in [0.2, 0.25) is 6.79 Å². The van der Waals surface area contributed by atoms with Crippen molar-refractivity contribution in [2.45, 2.75) is 46.0 Å². The molecule has 1 unspecified atom stereocenters. The summed E-state index contributed by atoms with van der Waals surface area (Å²) >= 11 is 1.41. The summed E-state index contributed by atoms with van der Waals surface area (Å²) in [7, 11) is 0. The molecule has 1 aromatic rings. The molecule has 3 nitrogen and oxygen atoms in total. The second-order valence-corrected chi connectivity index (χ2v) is 6.19. The van der Waals surface area contributed by atoms with Gasteiger partial charge in [-0.3, -0.25) is 4.79 Å². The number of thioether (sulfide) groups is 1. The number of ether oxygens (including phenoxy) is 2. The summed E-state index contributed by atoms with van der Waals surface area (Å²) in [5, 5.41) is 0.277. The summed E-state index contributed by atoms with van der Waals surface area (Å²) in [6, 6.07) is 4.14. The van der Waals surface area contributed by atoms with E-state index < -0.39 is 0 Å². The van der Waals surface area contributed by atoms with Crippen LogP contribution in [-0.2, 0) is 11.2 Å². The Morgan fingerprint density at radius 3 is 2.55 bits per heavy atom. The van der Waals surface area contributed by atoms with Gasteiger partial charge in [-0.1, -0.05) is 32.5 Å². The fourth-order valence-electron chi connectivity index (χ4n) is 2.58. The van der Waals surface area contributed by atoms with E-state index in [-0.39, 0.29) is 11.0 Å². The van der Waals surface area contributed by atoms with Gasteiger partial charge in [0.15, 0.2) is 16.6 Å². The number of benzene rings is 1. The van der Waals surface area contributed by atoms with Crippen LogP contribution < -0.4 is 9.47 Å². The van der Waals surface area contributed by atoms with Crippen molar-refractivity contribution < 1.29 is 14.3 Å². The minimum Gasteiger partial charge on any atom is -0.454 e. The van der Waals surface area contributed by atoms with Gasteiger partial charge in [0, 0.05) is 6.42 Å². The molecule has 20 heavy (non-hydrogen) atoms. The second kappa shape index (κ2) is 7.02. The van der Waals surface area contributed by atoms with E-state index in [9.17, 15) is 4.79 Å². The van der Waals surface area contributed by atoms with Crippen LogP contribution in [0.25, 0.3) is 0 Å². The van der Waals surface area contributed by atoms with E-state index in [4.69, 9.17) is 9.47 Å². The smallest absolute Gasteiger partial charge is 0.231 e. The Balaban J connectivity index is 2.26. The van der Waals surface area contributed by atoms with Crippen molar-refractivity contribution in [1.29, 1.82) is 0 Å². The zero-order valence-electron chi connectivity index (χ0n) is 12.4. The summed E-state index contributed by atoms with van der Waals surface area (Å²) in [5.41, 5.74) is 2.50. The first-order chi connectivity index (χ1) is 9.69. The van der Waals surface area contributed by atoms with E-state index in [1.54, 1.807) is 0 Å². The van der Waals surface area contributed by atoms with Crippen LogP contribution in [0.2, 0.25) is 0 Å². The molecular formula is C16H22O3S. The van der Waals surface area contributed by atoms with Crippen LogP contribution in [0, 0.1) is 0 Å². The van der Waals surface area contributed by atoms with Crippen LogP contribution in [0.1, 0.15) is 50.7 Å². The molecule has 1 atom stereocenters. The van der Waals surface area contributed by atoms with Gasteiger partial charge >= 0.3 is 0 Å².